The highest BCUT2D eigenvalue weighted by Gasteiger charge is 2.34. The van der Waals surface area contributed by atoms with Crippen molar-refractivity contribution in [1.29, 1.82) is 0 Å². The van der Waals surface area contributed by atoms with Gasteiger partial charge in [-0.05, 0) is 29.8 Å². The number of hydrogen-bond acceptors (Lipinski definition) is 6. The van der Waals surface area contributed by atoms with E-state index in [4.69, 9.17) is 30.5 Å². The number of benzene rings is 2. The summed E-state index contributed by atoms with van der Waals surface area (Å²) in [5, 5.41) is 0.539. The smallest absolute Gasteiger partial charge is 0.265 e. The van der Waals surface area contributed by atoms with Crippen LogP contribution < -0.4 is 19.1 Å². The zero-order valence-electron chi connectivity index (χ0n) is 17.2. The zero-order valence-corrected chi connectivity index (χ0v) is 18.0. The number of morpholine rings is 1. The minimum absolute atomic E-state index is 0.000465. The predicted molar refractivity (Wildman–Crippen MR) is 116 cm³/mol. The molecule has 0 N–H and O–H groups in total. The van der Waals surface area contributed by atoms with Crippen molar-refractivity contribution in [3.8, 4) is 17.2 Å². The van der Waals surface area contributed by atoms with Crippen LogP contribution in [0.5, 0.6) is 17.2 Å². The fourth-order valence-electron chi connectivity index (χ4n) is 4.17. The summed E-state index contributed by atoms with van der Waals surface area (Å²) in [5.41, 5.74) is 1.94. The van der Waals surface area contributed by atoms with Crippen LogP contribution in [0, 0.1) is 0 Å². The second-order valence-corrected chi connectivity index (χ2v) is 8.25. The van der Waals surface area contributed by atoms with Gasteiger partial charge in [0.25, 0.3) is 5.91 Å². The second kappa shape index (κ2) is 8.85. The molecule has 0 bridgehead atoms. The van der Waals surface area contributed by atoms with Gasteiger partial charge >= 0.3 is 0 Å². The number of rotatable bonds is 3. The second-order valence-electron chi connectivity index (χ2n) is 7.85. The molecule has 3 aliphatic rings. The highest BCUT2D eigenvalue weighted by molar-refractivity contribution is 6.32. The maximum absolute atomic E-state index is 13.1. The van der Waals surface area contributed by atoms with E-state index in [0.717, 1.165) is 17.7 Å². The van der Waals surface area contributed by atoms with Crippen LogP contribution in [-0.4, -0.2) is 63.0 Å². The predicted octanol–water partition coefficient (Wildman–Crippen LogP) is 3.13. The van der Waals surface area contributed by atoms with Crippen LogP contribution >= 0.6 is 11.6 Å². The van der Waals surface area contributed by atoms with Gasteiger partial charge in [0.1, 0.15) is 5.75 Å². The molecule has 2 aromatic rings. The largest absolute Gasteiger partial charge is 0.489 e. The van der Waals surface area contributed by atoms with E-state index >= 15 is 0 Å². The van der Waals surface area contributed by atoms with Gasteiger partial charge in [-0.25, -0.2) is 0 Å². The van der Waals surface area contributed by atoms with E-state index in [1.807, 2.05) is 41.3 Å². The standard InChI is InChI=1S/C23H25ClN2O5/c24-17-12-16(13-20-22(17)30-9-3-8-29-20)14-26-15-21(23(27)25-6-10-28-11-7-25)31-19-5-2-1-4-18(19)26/h1-2,4-5,12-13,21H,3,6-11,14-15H2. The maximum atomic E-state index is 13.1. The van der Waals surface area contributed by atoms with E-state index < -0.39 is 6.10 Å². The monoisotopic (exact) mass is 444 g/mol. The summed E-state index contributed by atoms with van der Waals surface area (Å²) >= 11 is 6.50. The van der Waals surface area contributed by atoms with Crippen LogP contribution in [0.2, 0.25) is 5.02 Å². The van der Waals surface area contributed by atoms with Gasteiger partial charge in [0.15, 0.2) is 17.6 Å². The topological polar surface area (TPSA) is 60.5 Å². The number of anilines is 1. The lowest BCUT2D eigenvalue weighted by Gasteiger charge is -2.38. The van der Waals surface area contributed by atoms with Crippen molar-refractivity contribution in [2.24, 2.45) is 0 Å². The first-order valence-corrected chi connectivity index (χ1v) is 11.0. The molecule has 0 saturated carbocycles. The van der Waals surface area contributed by atoms with E-state index in [0.29, 0.717) is 74.9 Å². The van der Waals surface area contributed by atoms with Gasteiger partial charge < -0.3 is 28.7 Å². The molecule has 0 spiro atoms. The van der Waals surface area contributed by atoms with Crippen LogP contribution in [0.15, 0.2) is 36.4 Å². The van der Waals surface area contributed by atoms with Crippen LogP contribution in [-0.2, 0) is 16.1 Å². The van der Waals surface area contributed by atoms with Crippen molar-refractivity contribution in [3.05, 3.63) is 47.0 Å². The van der Waals surface area contributed by atoms with Crippen molar-refractivity contribution in [2.45, 2.75) is 19.1 Å². The van der Waals surface area contributed by atoms with Crippen LogP contribution in [0.1, 0.15) is 12.0 Å². The molecule has 1 amide bonds. The summed E-state index contributed by atoms with van der Waals surface area (Å²) in [4.78, 5) is 17.1. The molecule has 5 rings (SSSR count). The highest BCUT2D eigenvalue weighted by Crippen LogP contribution is 2.40. The fraction of sp³-hybridized carbons (Fsp3) is 0.435. The Labute approximate surface area is 186 Å². The molecule has 0 radical (unpaired) electrons. The van der Waals surface area contributed by atoms with Crippen LogP contribution in [0.4, 0.5) is 5.69 Å². The zero-order chi connectivity index (χ0) is 21.2. The summed E-state index contributed by atoms with van der Waals surface area (Å²) in [6, 6.07) is 11.7. The summed E-state index contributed by atoms with van der Waals surface area (Å²) in [5.74, 6) is 1.98. The van der Waals surface area contributed by atoms with Gasteiger partial charge in [-0.2, -0.15) is 0 Å². The number of carbonyl (C=O) groups is 1. The lowest BCUT2D eigenvalue weighted by Crippen LogP contribution is -2.52. The summed E-state index contributed by atoms with van der Waals surface area (Å²) < 4.78 is 23.1. The quantitative estimate of drug-likeness (QED) is 0.725. The van der Waals surface area contributed by atoms with E-state index in [1.165, 1.54) is 0 Å². The Bertz CT molecular complexity index is 963. The van der Waals surface area contributed by atoms with Crippen molar-refractivity contribution < 1.29 is 23.7 Å². The summed E-state index contributed by atoms with van der Waals surface area (Å²) in [7, 11) is 0. The Hall–Kier alpha value is -2.64. The molecule has 164 valence electrons. The number of amides is 1. The van der Waals surface area contributed by atoms with Gasteiger partial charge in [0.2, 0.25) is 0 Å². The lowest BCUT2D eigenvalue weighted by atomic mass is 10.1. The number of halogens is 1. The number of hydrogen-bond donors (Lipinski definition) is 0. The molecule has 1 saturated heterocycles. The van der Waals surface area contributed by atoms with E-state index in [-0.39, 0.29) is 5.91 Å². The normalized spacial score (nSPS) is 20.5. The number of nitrogens with zero attached hydrogens (tertiary/aromatic N) is 2. The average Bonchev–Trinajstić information content (AvgIpc) is 3.05. The molecule has 3 heterocycles. The molecule has 2 aromatic carbocycles. The molecule has 8 heteroatoms. The number of ether oxygens (including phenoxy) is 4. The molecule has 3 aliphatic heterocycles. The molecule has 1 fully saturated rings. The van der Waals surface area contributed by atoms with Crippen LogP contribution in [0.25, 0.3) is 0 Å². The Kier molecular flexibility index (Phi) is 5.78. The lowest BCUT2D eigenvalue weighted by molar-refractivity contribution is -0.142. The SMILES string of the molecule is O=C(C1CN(Cc2cc(Cl)c3c(c2)OCCCO3)c2ccccc2O1)N1CCOCC1. The summed E-state index contributed by atoms with van der Waals surface area (Å²) in [6.45, 7) is 4.54. The molecule has 31 heavy (non-hydrogen) atoms. The van der Waals surface area contributed by atoms with Gasteiger partial charge in [-0.15, -0.1) is 0 Å². The maximum Gasteiger partial charge on any atom is 0.265 e. The van der Waals surface area contributed by atoms with Crippen molar-refractivity contribution >= 4 is 23.2 Å². The third kappa shape index (κ3) is 4.25. The molecular weight excluding hydrogens is 420 g/mol. The Morgan fingerprint density at radius 2 is 1.84 bits per heavy atom. The van der Waals surface area contributed by atoms with Gasteiger partial charge in [0.05, 0.1) is 43.7 Å². The first kappa shape index (κ1) is 20.3. The minimum atomic E-state index is -0.566. The minimum Gasteiger partial charge on any atom is -0.489 e. The summed E-state index contributed by atoms with van der Waals surface area (Å²) in [6.07, 6.45) is 0.256. The van der Waals surface area contributed by atoms with Crippen molar-refractivity contribution in [3.63, 3.8) is 0 Å². The molecule has 0 aromatic heterocycles. The Morgan fingerprint density at radius 3 is 2.71 bits per heavy atom. The number of carbonyl (C=O) groups excluding carboxylic acids is 1. The molecule has 1 unspecified atom stereocenters. The first-order chi connectivity index (χ1) is 15.2. The fourth-order valence-corrected chi connectivity index (χ4v) is 4.46. The van der Waals surface area contributed by atoms with Crippen molar-refractivity contribution in [1.82, 2.24) is 4.90 Å². The van der Waals surface area contributed by atoms with E-state index in [9.17, 15) is 4.79 Å². The Morgan fingerprint density at radius 1 is 1.03 bits per heavy atom. The molecule has 1 atom stereocenters. The third-order valence-corrected chi connectivity index (χ3v) is 5.98. The first-order valence-electron chi connectivity index (χ1n) is 10.6. The molecular formula is C23H25ClN2O5. The van der Waals surface area contributed by atoms with E-state index in [2.05, 4.69) is 4.90 Å². The van der Waals surface area contributed by atoms with Crippen molar-refractivity contribution in [2.75, 3.05) is 51.0 Å². The van der Waals surface area contributed by atoms with Gasteiger partial charge in [0, 0.05) is 26.1 Å². The molecule has 7 nitrogen and oxygen atoms in total. The highest BCUT2D eigenvalue weighted by atomic mass is 35.5. The number of para-hydroxylation sites is 2. The Balaban J connectivity index is 1.40. The third-order valence-electron chi connectivity index (χ3n) is 5.69. The number of fused-ring (bicyclic) bond motifs is 2. The van der Waals surface area contributed by atoms with E-state index in [1.54, 1.807) is 0 Å². The van der Waals surface area contributed by atoms with Gasteiger partial charge in [-0.1, -0.05) is 23.7 Å². The average molecular weight is 445 g/mol. The van der Waals surface area contributed by atoms with Crippen LogP contribution in [0.3, 0.4) is 0 Å². The van der Waals surface area contributed by atoms with Gasteiger partial charge in [-0.3, -0.25) is 4.79 Å². The molecule has 0 aliphatic carbocycles.